The van der Waals surface area contributed by atoms with Crippen molar-refractivity contribution in [3.63, 3.8) is 0 Å². The van der Waals surface area contributed by atoms with Gasteiger partial charge in [0.2, 0.25) is 0 Å². The van der Waals surface area contributed by atoms with E-state index in [9.17, 15) is 4.79 Å². The first kappa shape index (κ1) is 9.48. The SMILES string of the molecule is CCCc1nc(C(=O)O)c(Cl)s1. The number of aromatic nitrogens is 1. The second-order valence-electron chi connectivity index (χ2n) is 2.29. The Bertz CT molecular complexity index is 298. The number of carboxylic acid groups (broad SMARTS) is 1. The molecule has 1 aromatic heterocycles. The number of hydrogen-bond donors (Lipinski definition) is 1. The summed E-state index contributed by atoms with van der Waals surface area (Å²) in [5.74, 6) is -1.06. The van der Waals surface area contributed by atoms with Crippen LogP contribution in [-0.4, -0.2) is 16.1 Å². The molecule has 0 aliphatic heterocycles. The summed E-state index contributed by atoms with van der Waals surface area (Å²) in [6.45, 7) is 2.01. The highest BCUT2D eigenvalue weighted by Gasteiger charge is 2.14. The largest absolute Gasteiger partial charge is 0.476 e. The highest BCUT2D eigenvalue weighted by Crippen LogP contribution is 2.24. The van der Waals surface area contributed by atoms with Crippen LogP contribution in [0.25, 0.3) is 0 Å². The first-order chi connectivity index (χ1) is 5.65. The zero-order chi connectivity index (χ0) is 9.14. The molecule has 0 bridgehead atoms. The van der Waals surface area contributed by atoms with Crippen molar-refractivity contribution < 1.29 is 9.90 Å². The predicted molar refractivity (Wildman–Crippen MR) is 48.1 cm³/mol. The highest BCUT2D eigenvalue weighted by atomic mass is 35.5. The Hall–Kier alpha value is -0.610. The highest BCUT2D eigenvalue weighted by molar-refractivity contribution is 7.16. The third-order valence-electron chi connectivity index (χ3n) is 1.30. The number of carbonyl (C=O) groups is 1. The molecule has 5 heteroatoms. The minimum Gasteiger partial charge on any atom is -0.476 e. The van der Waals surface area contributed by atoms with Crippen LogP contribution in [0, 0.1) is 0 Å². The lowest BCUT2D eigenvalue weighted by Gasteiger charge is -1.86. The van der Waals surface area contributed by atoms with E-state index in [4.69, 9.17) is 16.7 Å². The first-order valence-electron chi connectivity index (χ1n) is 3.53. The maximum atomic E-state index is 10.5. The van der Waals surface area contributed by atoms with Crippen LogP contribution in [0.15, 0.2) is 0 Å². The van der Waals surface area contributed by atoms with Crippen molar-refractivity contribution in [2.24, 2.45) is 0 Å². The van der Waals surface area contributed by atoms with E-state index >= 15 is 0 Å². The van der Waals surface area contributed by atoms with Crippen molar-refractivity contribution in [1.82, 2.24) is 4.98 Å². The second kappa shape index (κ2) is 3.87. The van der Waals surface area contributed by atoms with Crippen LogP contribution >= 0.6 is 22.9 Å². The summed E-state index contributed by atoms with van der Waals surface area (Å²) in [5.41, 5.74) is -0.0230. The van der Waals surface area contributed by atoms with E-state index in [0.717, 1.165) is 17.8 Å². The lowest BCUT2D eigenvalue weighted by atomic mass is 10.3. The van der Waals surface area contributed by atoms with Crippen LogP contribution in [-0.2, 0) is 6.42 Å². The van der Waals surface area contributed by atoms with Crippen LogP contribution in [0.2, 0.25) is 4.34 Å². The normalized spacial score (nSPS) is 10.2. The van der Waals surface area contributed by atoms with E-state index in [-0.39, 0.29) is 10.0 Å². The van der Waals surface area contributed by atoms with Crippen LogP contribution in [0.3, 0.4) is 0 Å². The molecule has 0 saturated carbocycles. The lowest BCUT2D eigenvalue weighted by Crippen LogP contribution is -1.97. The molecule has 12 heavy (non-hydrogen) atoms. The van der Waals surface area contributed by atoms with Crippen molar-refractivity contribution in [3.8, 4) is 0 Å². The third kappa shape index (κ3) is 1.95. The van der Waals surface area contributed by atoms with E-state index in [0.29, 0.717) is 0 Å². The van der Waals surface area contributed by atoms with Crippen molar-refractivity contribution in [3.05, 3.63) is 15.0 Å². The van der Waals surface area contributed by atoms with Gasteiger partial charge in [-0.05, 0) is 12.8 Å². The molecule has 1 rings (SSSR count). The summed E-state index contributed by atoms with van der Waals surface area (Å²) >= 11 is 6.89. The van der Waals surface area contributed by atoms with Crippen molar-refractivity contribution >= 4 is 28.9 Å². The fourth-order valence-corrected chi connectivity index (χ4v) is 2.07. The van der Waals surface area contributed by atoms with E-state index in [1.807, 2.05) is 6.92 Å². The van der Waals surface area contributed by atoms with Gasteiger partial charge >= 0.3 is 5.97 Å². The third-order valence-corrected chi connectivity index (χ3v) is 2.61. The van der Waals surface area contributed by atoms with Gasteiger partial charge in [0.1, 0.15) is 4.34 Å². The Morgan fingerprint density at radius 2 is 2.42 bits per heavy atom. The van der Waals surface area contributed by atoms with Crippen LogP contribution in [0.5, 0.6) is 0 Å². The molecule has 0 aromatic carbocycles. The zero-order valence-electron chi connectivity index (χ0n) is 6.50. The molecule has 1 aromatic rings. The molecule has 0 amide bonds. The predicted octanol–water partition coefficient (Wildman–Crippen LogP) is 2.45. The maximum Gasteiger partial charge on any atom is 0.356 e. The summed E-state index contributed by atoms with van der Waals surface area (Å²) < 4.78 is 0.269. The number of hydrogen-bond acceptors (Lipinski definition) is 3. The number of nitrogens with zero attached hydrogens (tertiary/aromatic N) is 1. The second-order valence-corrected chi connectivity index (χ2v) is 3.97. The van der Waals surface area contributed by atoms with Gasteiger partial charge in [0, 0.05) is 0 Å². The number of aryl methyl sites for hydroxylation is 1. The van der Waals surface area contributed by atoms with Gasteiger partial charge in [0.25, 0.3) is 0 Å². The summed E-state index contributed by atoms with van der Waals surface area (Å²) in [4.78, 5) is 14.4. The minimum absolute atomic E-state index is 0.0230. The number of halogens is 1. The van der Waals surface area contributed by atoms with Crippen molar-refractivity contribution in [2.75, 3.05) is 0 Å². The van der Waals surface area contributed by atoms with E-state index in [2.05, 4.69) is 4.98 Å². The Kier molecular flexibility index (Phi) is 3.05. The molecule has 0 saturated heterocycles. The molecule has 66 valence electrons. The average Bonchev–Trinajstić information content (AvgIpc) is 2.32. The van der Waals surface area contributed by atoms with Gasteiger partial charge in [-0.15, -0.1) is 11.3 Å². The molecule has 3 nitrogen and oxygen atoms in total. The molecule has 0 spiro atoms. The zero-order valence-corrected chi connectivity index (χ0v) is 8.08. The van der Waals surface area contributed by atoms with Crippen molar-refractivity contribution in [1.29, 1.82) is 0 Å². The fraction of sp³-hybridized carbons (Fsp3) is 0.429. The van der Waals surface area contributed by atoms with Gasteiger partial charge in [-0.3, -0.25) is 0 Å². The number of thiazole rings is 1. The molecular weight excluding hydrogens is 198 g/mol. The number of rotatable bonds is 3. The molecule has 0 radical (unpaired) electrons. The Morgan fingerprint density at radius 3 is 2.83 bits per heavy atom. The monoisotopic (exact) mass is 205 g/mol. The van der Waals surface area contributed by atoms with E-state index < -0.39 is 5.97 Å². The molecule has 1 heterocycles. The molecule has 0 unspecified atom stereocenters. The number of carboxylic acids is 1. The van der Waals surface area contributed by atoms with Crippen molar-refractivity contribution in [2.45, 2.75) is 19.8 Å². The standard InChI is InChI=1S/C7H8ClNO2S/c1-2-3-4-9-5(7(10)11)6(8)12-4/h2-3H2,1H3,(H,10,11). The Labute approximate surface area is 79.0 Å². The fourth-order valence-electron chi connectivity index (χ4n) is 0.796. The smallest absolute Gasteiger partial charge is 0.356 e. The van der Waals surface area contributed by atoms with Gasteiger partial charge in [-0.2, -0.15) is 0 Å². The molecule has 1 N–H and O–H groups in total. The minimum atomic E-state index is -1.06. The maximum absolute atomic E-state index is 10.5. The quantitative estimate of drug-likeness (QED) is 0.825. The lowest BCUT2D eigenvalue weighted by molar-refractivity contribution is 0.0691. The summed E-state index contributed by atoms with van der Waals surface area (Å²) in [7, 11) is 0. The topological polar surface area (TPSA) is 50.2 Å². The van der Waals surface area contributed by atoms with Gasteiger partial charge in [-0.1, -0.05) is 18.5 Å². The van der Waals surface area contributed by atoms with Gasteiger partial charge in [0.05, 0.1) is 5.01 Å². The van der Waals surface area contributed by atoms with Crippen LogP contribution in [0.4, 0.5) is 0 Å². The van der Waals surface area contributed by atoms with E-state index in [1.165, 1.54) is 11.3 Å². The molecule has 0 aliphatic carbocycles. The molecule has 0 fully saturated rings. The summed E-state index contributed by atoms with van der Waals surface area (Å²) in [6.07, 6.45) is 1.74. The van der Waals surface area contributed by atoms with Gasteiger partial charge in [0.15, 0.2) is 5.69 Å². The number of aromatic carboxylic acids is 1. The van der Waals surface area contributed by atoms with E-state index in [1.54, 1.807) is 0 Å². The average molecular weight is 206 g/mol. The first-order valence-corrected chi connectivity index (χ1v) is 4.73. The molecular formula is C7H8ClNO2S. The molecule has 0 aliphatic rings. The molecule has 0 atom stereocenters. The van der Waals surface area contributed by atoms with Gasteiger partial charge < -0.3 is 5.11 Å². The summed E-state index contributed by atoms with van der Waals surface area (Å²) in [5, 5.41) is 9.40. The van der Waals surface area contributed by atoms with Crippen LogP contribution in [0.1, 0.15) is 28.8 Å². The Balaban J connectivity index is 2.92. The van der Waals surface area contributed by atoms with Gasteiger partial charge in [-0.25, -0.2) is 9.78 Å². The summed E-state index contributed by atoms with van der Waals surface area (Å²) in [6, 6.07) is 0. The van der Waals surface area contributed by atoms with Crippen LogP contribution < -0.4 is 0 Å². The Morgan fingerprint density at radius 1 is 1.75 bits per heavy atom.